The lowest BCUT2D eigenvalue weighted by Crippen LogP contribution is -2.25. The summed E-state index contributed by atoms with van der Waals surface area (Å²) in [7, 11) is 1.47. The molecule has 7 heteroatoms. The van der Waals surface area contributed by atoms with Crippen molar-refractivity contribution in [2.45, 2.75) is 13.8 Å². The molecule has 136 valence electrons. The molecule has 0 fully saturated rings. The summed E-state index contributed by atoms with van der Waals surface area (Å²) in [5.41, 5.74) is 5.14. The highest BCUT2D eigenvalue weighted by Crippen LogP contribution is 2.27. The first kappa shape index (κ1) is 19.0. The van der Waals surface area contributed by atoms with E-state index >= 15 is 0 Å². The van der Waals surface area contributed by atoms with Gasteiger partial charge >= 0.3 is 5.97 Å². The zero-order chi connectivity index (χ0) is 18.9. The maximum absolute atomic E-state index is 11.8. The molecule has 0 bridgehead atoms. The number of amides is 1. The molecule has 7 nitrogen and oxygen atoms in total. The number of methoxy groups -OCH3 is 1. The highest BCUT2D eigenvalue weighted by Gasteiger charge is 2.07. The van der Waals surface area contributed by atoms with Crippen LogP contribution in [-0.2, 0) is 9.59 Å². The second-order valence-electron chi connectivity index (χ2n) is 5.52. The zero-order valence-corrected chi connectivity index (χ0v) is 14.9. The lowest BCUT2D eigenvalue weighted by atomic mass is 10.2. The number of benzene rings is 2. The van der Waals surface area contributed by atoms with Gasteiger partial charge in [0.1, 0.15) is 0 Å². The van der Waals surface area contributed by atoms with Gasteiger partial charge in [0, 0.05) is 12.6 Å². The molecule has 26 heavy (non-hydrogen) atoms. The number of aryl methyl sites for hydroxylation is 1. The van der Waals surface area contributed by atoms with E-state index in [1.165, 1.54) is 20.2 Å². The number of hydrazone groups is 1. The molecule has 0 saturated carbocycles. The molecule has 0 unspecified atom stereocenters. The summed E-state index contributed by atoms with van der Waals surface area (Å²) < 4.78 is 10.2. The molecule has 0 heterocycles. The van der Waals surface area contributed by atoms with Crippen molar-refractivity contribution in [3.8, 4) is 11.5 Å². The molecule has 0 radical (unpaired) electrons. The number of carbonyl (C=O) groups excluding carboxylic acids is 2. The molecule has 0 aliphatic carbocycles. The normalized spacial score (nSPS) is 10.4. The van der Waals surface area contributed by atoms with Gasteiger partial charge in [-0.05, 0) is 42.8 Å². The van der Waals surface area contributed by atoms with E-state index in [1.54, 1.807) is 18.2 Å². The van der Waals surface area contributed by atoms with Crippen molar-refractivity contribution in [2.24, 2.45) is 5.10 Å². The van der Waals surface area contributed by atoms with Gasteiger partial charge < -0.3 is 14.8 Å². The summed E-state index contributed by atoms with van der Waals surface area (Å²) in [6, 6.07) is 12.7. The summed E-state index contributed by atoms with van der Waals surface area (Å²) in [6.45, 7) is 3.42. The first-order valence-electron chi connectivity index (χ1n) is 7.97. The largest absolute Gasteiger partial charge is 0.493 e. The molecule has 1 amide bonds. The maximum atomic E-state index is 11.8. The fraction of sp³-hybridized carbons (Fsp3) is 0.211. The van der Waals surface area contributed by atoms with Gasteiger partial charge in [0.2, 0.25) is 0 Å². The highest BCUT2D eigenvalue weighted by molar-refractivity contribution is 5.85. The van der Waals surface area contributed by atoms with E-state index in [0.29, 0.717) is 17.1 Å². The fourth-order valence-electron chi connectivity index (χ4n) is 2.08. The molecule has 2 N–H and O–H groups in total. The Bertz CT molecular complexity index is 801. The van der Waals surface area contributed by atoms with Crippen molar-refractivity contribution in [1.29, 1.82) is 0 Å². The smallest absolute Gasteiger partial charge is 0.308 e. The van der Waals surface area contributed by atoms with Gasteiger partial charge in [0.15, 0.2) is 11.5 Å². The van der Waals surface area contributed by atoms with E-state index in [-0.39, 0.29) is 12.5 Å². The Balaban J connectivity index is 1.87. The third kappa shape index (κ3) is 5.94. The quantitative estimate of drug-likeness (QED) is 0.345. The average Bonchev–Trinajstić information content (AvgIpc) is 2.62. The number of nitrogens with zero attached hydrogens (tertiary/aromatic N) is 1. The van der Waals surface area contributed by atoms with E-state index in [9.17, 15) is 9.59 Å². The molecule has 2 aromatic carbocycles. The van der Waals surface area contributed by atoms with E-state index in [0.717, 1.165) is 11.3 Å². The monoisotopic (exact) mass is 355 g/mol. The van der Waals surface area contributed by atoms with Crippen LogP contribution in [0.3, 0.4) is 0 Å². The van der Waals surface area contributed by atoms with Crippen LogP contribution in [-0.4, -0.2) is 31.7 Å². The van der Waals surface area contributed by atoms with Gasteiger partial charge in [-0.25, -0.2) is 5.43 Å². The van der Waals surface area contributed by atoms with Gasteiger partial charge in [-0.15, -0.1) is 0 Å². The van der Waals surface area contributed by atoms with Crippen LogP contribution in [0, 0.1) is 6.92 Å². The Morgan fingerprint density at radius 3 is 2.50 bits per heavy atom. The van der Waals surface area contributed by atoms with Crippen molar-refractivity contribution in [3.05, 3.63) is 53.6 Å². The fourth-order valence-corrected chi connectivity index (χ4v) is 2.08. The number of anilines is 1. The molecular weight excluding hydrogens is 334 g/mol. The molecule has 2 rings (SSSR count). The first-order chi connectivity index (χ1) is 12.5. The molecule has 0 aliphatic rings. The Labute approximate surface area is 152 Å². The van der Waals surface area contributed by atoms with Gasteiger partial charge in [-0.1, -0.05) is 17.7 Å². The first-order valence-corrected chi connectivity index (χ1v) is 7.97. The molecule has 2 aromatic rings. The number of nitrogens with one attached hydrogen (secondary N) is 2. The van der Waals surface area contributed by atoms with Crippen LogP contribution in [0.1, 0.15) is 18.1 Å². The van der Waals surface area contributed by atoms with Crippen LogP contribution in [0.2, 0.25) is 0 Å². The van der Waals surface area contributed by atoms with E-state index in [2.05, 4.69) is 15.8 Å². The lowest BCUT2D eigenvalue weighted by Gasteiger charge is -2.08. The minimum absolute atomic E-state index is 0.106. The number of ether oxygens (including phenoxy) is 2. The highest BCUT2D eigenvalue weighted by atomic mass is 16.6. The average molecular weight is 355 g/mol. The summed E-state index contributed by atoms with van der Waals surface area (Å²) >= 11 is 0. The summed E-state index contributed by atoms with van der Waals surface area (Å²) in [6.07, 6.45) is 1.48. The summed E-state index contributed by atoms with van der Waals surface area (Å²) in [5, 5.41) is 6.92. The second-order valence-corrected chi connectivity index (χ2v) is 5.52. The SMILES string of the molecule is COc1cc(/C=N\NC(=O)CNc2ccc(C)cc2)ccc1OC(C)=O. The molecular formula is C19H21N3O4. The Morgan fingerprint density at radius 2 is 1.85 bits per heavy atom. The number of carbonyl (C=O) groups is 2. The Morgan fingerprint density at radius 1 is 1.12 bits per heavy atom. The van der Waals surface area contributed by atoms with Crippen LogP contribution < -0.4 is 20.2 Å². The Kier molecular flexibility index (Phi) is 6.73. The van der Waals surface area contributed by atoms with Gasteiger partial charge in [0.25, 0.3) is 5.91 Å². The lowest BCUT2D eigenvalue weighted by molar-refractivity contribution is -0.132. The van der Waals surface area contributed by atoms with Gasteiger partial charge in [-0.2, -0.15) is 5.10 Å². The standard InChI is InChI=1S/C19H21N3O4/c1-13-4-7-16(8-5-13)20-12-19(24)22-21-11-15-6-9-17(26-14(2)23)18(10-15)25-3/h4-11,20H,12H2,1-3H3,(H,22,24)/b21-11-. The molecule has 0 spiro atoms. The van der Waals surface area contributed by atoms with E-state index < -0.39 is 5.97 Å². The summed E-state index contributed by atoms with van der Waals surface area (Å²) in [4.78, 5) is 22.8. The third-order valence-corrected chi connectivity index (χ3v) is 3.35. The topological polar surface area (TPSA) is 89.0 Å². The number of hydrogen-bond acceptors (Lipinski definition) is 6. The number of hydrogen-bond donors (Lipinski definition) is 2. The zero-order valence-electron chi connectivity index (χ0n) is 14.9. The van der Waals surface area contributed by atoms with Crippen molar-refractivity contribution in [3.63, 3.8) is 0 Å². The van der Waals surface area contributed by atoms with Crippen molar-refractivity contribution in [2.75, 3.05) is 19.0 Å². The predicted octanol–water partition coefficient (Wildman–Crippen LogP) is 2.49. The minimum atomic E-state index is -0.432. The number of esters is 1. The number of rotatable bonds is 7. The van der Waals surface area contributed by atoms with Crippen molar-refractivity contribution in [1.82, 2.24) is 5.43 Å². The summed E-state index contributed by atoms with van der Waals surface area (Å²) in [5.74, 6) is 0.0170. The van der Waals surface area contributed by atoms with Crippen molar-refractivity contribution < 1.29 is 19.1 Å². The molecule has 0 atom stereocenters. The maximum Gasteiger partial charge on any atom is 0.308 e. The van der Waals surface area contributed by atoms with Crippen LogP contribution in [0.15, 0.2) is 47.6 Å². The second kappa shape index (κ2) is 9.22. The molecule has 0 saturated heterocycles. The third-order valence-electron chi connectivity index (χ3n) is 3.35. The van der Waals surface area contributed by atoms with Gasteiger partial charge in [-0.3, -0.25) is 9.59 Å². The Hall–Kier alpha value is -3.35. The van der Waals surface area contributed by atoms with Crippen LogP contribution >= 0.6 is 0 Å². The molecule has 0 aliphatic heterocycles. The van der Waals surface area contributed by atoms with Crippen LogP contribution in [0.4, 0.5) is 5.69 Å². The van der Waals surface area contributed by atoms with Crippen LogP contribution in [0.25, 0.3) is 0 Å². The van der Waals surface area contributed by atoms with Crippen molar-refractivity contribution >= 4 is 23.8 Å². The van der Waals surface area contributed by atoms with E-state index in [1.807, 2.05) is 31.2 Å². The minimum Gasteiger partial charge on any atom is -0.493 e. The van der Waals surface area contributed by atoms with Gasteiger partial charge in [0.05, 0.1) is 19.9 Å². The molecule has 0 aromatic heterocycles. The van der Waals surface area contributed by atoms with E-state index in [4.69, 9.17) is 9.47 Å². The predicted molar refractivity (Wildman–Crippen MR) is 99.7 cm³/mol. The van der Waals surface area contributed by atoms with Crippen LogP contribution in [0.5, 0.6) is 11.5 Å².